The third kappa shape index (κ3) is 8.48. The van der Waals surface area contributed by atoms with Crippen LogP contribution in [-0.2, 0) is 24.1 Å². The topological polar surface area (TPSA) is 60.9 Å². The number of carbonyl (C=O) groups is 1. The van der Waals surface area contributed by atoms with Gasteiger partial charge in [0.05, 0.1) is 12.7 Å². The Morgan fingerprint density at radius 2 is 1.72 bits per heavy atom. The largest absolute Gasteiger partial charge is 0.497 e. The van der Waals surface area contributed by atoms with Crippen molar-refractivity contribution in [3.05, 3.63) is 89.7 Å². The van der Waals surface area contributed by atoms with E-state index in [0.717, 1.165) is 62.9 Å². The number of pyridine rings is 1. The molecule has 1 aromatic heterocycles. The standard InChI is InChI=1S/C33H40F3N5O2/c1-43-30-8-5-25(6-9-30)22-38-32(42)10-7-27-24-39(23-26-11-14-37-15-12-26)16-13-31(27)41-19-17-40(18-20-41)29-4-2-3-28(21-29)33(34,35)36/h2-6,8-9,11-12,14-15,21,27,31H,7,10,13,16-20,22-24H2,1H3,(H,38,42)/t27-,31+/m0/s1. The van der Waals surface area contributed by atoms with Crippen LogP contribution in [0.3, 0.4) is 0 Å². The SMILES string of the molecule is COc1ccc(CNC(=O)CC[C@H]2CN(Cc3ccncc3)CC[C@H]2N2CCN(c3cccc(C(F)(F)F)c3)CC2)cc1. The van der Waals surface area contributed by atoms with Crippen LogP contribution in [-0.4, -0.2) is 73.1 Å². The Bertz CT molecular complexity index is 1310. The van der Waals surface area contributed by atoms with Crippen molar-refractivity contribution in [2.24, 2.45) is 5.92 Å². The monoisotopic (exact) mass is 595 g/mol. The first-order chi connectivity index (χ1) is 20.8. The average molecular weight is 596 g/mol. The quantitative estimate of drug-likeness (QED) is 0.347. The van der Waals surface area contributed by atoms with Gasteiger partial charge in [-0.25, -0.2) is 0 Å². The molecule has 7 nitrogen and oxygen atoms in total. The van der Waals surface area contributed by atoms with Crippen molar-refractivity contribution in [2.75, 3.05) is 51.3 Å². The lowest BCUT2D eigenvalue weighted by Gasteiger charge is -2.47. The molecule has 5 rings (SSSR count). The summed E-state index contributed by atoms with van der Waals surface area (Å²) in [7, 11) is 1.63. The van der Waals surface area contributed by atoms with Crippen LogP contribution in [0.5, 0.6) is 5.75 Å². The third-order valence-corrected chi connectivity index (χ3v) is 8.65. The molecular formula is C33H40F3N5O2. The van der Waals surface area contributed by atoms with Crippen molar-refractivity contribution >= 4 is 11.6 Å². The van der Waals surface area contributed by atoms with Gasteiger partial charge in [0.25, 0.3) is 0 Å². The molecule has 43 heavy (non-hydrogen) atoms. The summed E-state index contributed by atoms with van der Waals surface area (Å²) in [5, 5.41) is 3.06. The van der Waals surface area contributed by atoms with Gasteiger partial charge in [-0.15, -0.1) is 0 Å². The van der Waals surface area contributed by atoms with Crippen LogP contribution in [0.15, 0.2) is 73.1 Å². The van der Waals surface area contributed by atoms with E-state index in [4.69, 9.17) is 4.74 Å². The zero-order valence-corrected chi connectivity index (χ0v) is 24.6. The summed E-state index contributed by atoms with van der Waals surface area (Å²) in [4.78, 5) is 24.0. The molecule has 0 bridgehead atoms. The number of aromatic nitrogens is 1. The molecule has 2 aliphatic rings. The Labute approximate surface area is 251 Å². The number of hydrogen-bond donors (Lipinski definition) is 1. The number of piperidine rings is 1. The molecule has 0 spiro atoms. The second-order valence-corrected chi connectivity index (χ2v) is 11.4. The van der Waals surface area contributed by atoms with Crippen LogP contribution < -0.4 is 15.0 Å². The van der Waals surface area contributed by atoms with E-state index in [2.05, 4.69) is 20.1 Å². The summed E-state index contributed by atoms with van der Waals surface area (Å²) in [6.45, 7) is 6.09. The van der Waals surface area contributed by atoms with Gasteiger partial charge in [0, 0.05) is 76.4 Å². The van der Waals surface area contributed by atoms with Gasteiger partial charge in [-0.05, 0) is 78.9 Å². The van der Waals surface area contributed by atoms with Crippen molar-refractivity contribution in [3.63, 3.8) is 0 Å². The Morgan fingerprint density at radius 1 is 0.977 bits per heavy atom. The molecule has 3 aromatic rings. The van der Waals surface area contributed by atoms with Gasteiger partial charge in [0.2, 0.25) is 5.91 Å². The second-order valence-electron chi connectivity index (χ2n) is 11.4. The Balaban J connectivity index is 1.19. The summed E-state index contributed by atoms with van der Waals surface area (Å²) < 4.78 is 45.0. The number of nitrogens with zero attached hydrogens (tertiary/aromatic N) is 4. The number of rotatable bonds is 10. The zero-order valence-electron chi connectivity index (χ0n) is 24.6. The predicted octanol–water partition coefficient (Wildman–Crippen LogP) is 5.22. The minimum Gasteiger partial charge on any atom is -0.497 e. The van der Waals surface area contributed by atoms with Gasteiger partial charge in [-0.2, -0.15) is 13.2 Å². The predicted molar refractivity (Wildman–Crippen MR) is 161 cm³/mol. The van der Waals surface area contributed by atoms with E-state index in [9.17, 15) is 18.0 Å². The molecular weight excluding hydrogens is 555 g/mol. The van der Waals surface area contributed by atoms with E-state index in [1.807, 2.05) is 53.7 Å². The molecule has 230 valence electrons. The number of likely N-dealkylation sites (tertiary alicyclic amines) is 1. The van der Waals surface area contributed by atoms with E-state index in [-0.39, 0.29) is 5.91 Å². The molecule has 2 aromatic carbocycles. The number of hydrogen-bond acceptors (Lipinski definition) is 6. The van der Waals surface area contributed by atoms with Gasteiger partial charge in [0.1, 0.15) is 5.75 Å². The molecule has 1 N–H and O–H groups in total. The highest BCUT2D eigenvalue weighted by Crippen LogP contribution is 2.33. The van der Waals surface area contributed by atoms with Gasteiger partial charge in [-0.1, -0.05) is 18.2 Å². The first-order valence-electron chi connectivity index (χ1n) is 15.0. The van der Waals surface area contributed by atoms with Gasteiger partial charge >= 0.3 is 6.18 Å². The van der Waals surface area contributed by atoms with E-state index in [0.29, 0.717) is 43.7 Å². The number of alkyl halides is 3. The summed E-state index contributed by atoms with van der Waals surface area (Å²) in [6, 6.07) is 17.7. The number of amides is 1. The number of benzene rings is 2. The molecule has 3 heterocycles. The van der Waals surface area contributed by atoms with Crippen LogP contribution in [0, 0.1) is 5.92 Å². The fourth-order valence-electron chi connectivity index (χ4n) is 6.29. The number of carbonyl (C=O) groups excluding carboxylic acids is 1. The van der Waals surface area contributed by atoms with Crippen LogP contribution in [0.4, 0.5) is 18.9 Å². The summed E-state index contributed by atoms with van der Waals surface area (Å²) >= 11 is 0. The number of methoxy groups -OCH3 is 1. The van der Waals surface area contributed by atoms with Gasteiger partial charge < -0.3 is 15.0 Å². The number of nitrogens with one attached hydrogen (secondary N) is 1. The smallest absolute Gasteiger partial charge is 0.416 e. The molecule has 0 radical (unpaired) electrons. The Kier molecular flexibility index (Phi) is 10.2. The van der Waals surface area contributed by atoms with Gasteiger partial charge in [-0.3, -0.25) is 19.6 Å². The maximum absolute atomic E-state index is 13.3. The van der Waals surface area contributed by atoms with Crippen LogP contribution >= 0.6 is 0 Å². The normalized spacial score (nSPS) is 20.1. The molecule has 0 aliphatic carbocycles. The average Bonchev–Trinajstić information content (AvgIpc) is 3.03. The second kappa shape index (κ2) is 14.2. The first-order valence-corrected chi connectivity index (χ1v) is 15.0. The van der Waals surface area contributed by atoms with Crippen LogP contribution in [0.25, 0.3) is 0 Å². The van der Waals surface area contributed by atoms with Crippen molar-refractivity contribution in [3.8, 4) is 5.75 Å². The van der Waals surface area contributed by atoms with E-state index in [1.165, 1.54) is 17.7 Å². The third-order valence-electron chi connectivity index (χ3n) is 8.65. The maximum Gasteiger partial charge on any atom is 0.416 e. The highest BCUT2D eigenvalue weighted by molar-refractivity contribution is 5.75. The fraction of sp³-hybridized carbons (Fsp3) is 0.455. The van der Waals surface area contributed by atoms with Gasteiger partial charge in [0.15, 0.2) is 0 Å². The van der Waals surface area contributed by atoms with Crippen molar-refractivity contribution in [1.82, 2.24) is 20.1 Å². The lowest BCUT2D eigenvalue weighted by atomic mass is 9.86. The molecule has 2 saturated heterocycles. The maximum atomic E-state index is 13.3. The first kappa shape index (κ1) is 30.8. The number of piperazine rings is 1. The Morgan fingerprint density at radius 3 is 2.42 bits per heavy atom. The highest BCUT2D eigenvalue weighted by Gasteiger charge is 2.35. The minimum absolute atomic E-state index is 0.0372. The molecule has 2 fully saturated rings. The number of anilines is 1. The zero-order chi connectivity index (χ0) is 30.2. The van der Waals surface area contributed by atoms with Crippen molar-refractivity contribution in [2.45, 2.75) is 44.6 Å². The van der Waals surface area contributed by atoms with Crippen LogP contribution in [0.2, 0.25) is 0 Å². The van der Waals surface area contributed by atoms with Crippen molar-refractivity contribution < 1.29 is 22.7 Å². The van der Waals surface area contributed by atoms with Crippen molar-refractivity contribution in [1.29, 1.82) is 0 Å². The highest BCUT2D eigenvalue weighted by atomic mass is 19.4. The van der Waals surface area contributed by atoms with E-state index >= 15 is 0 Å². The molecule has 0 saturated carbocycles. The Hall–Kier alpha value is -3.63. The van der Waals surface area contributed by atoms with E-state index in [1.54, 1.807) is 13.2 Å². The molecule has 2 aliphatic heterocycles. The molecule has 2 atom stereocenters. The molecule has 1 amide bonds. The number of halogens is 3. The summed E-state index contributed by atoms with van der Waals surface area (Å²) in [5.41, 5.74) is 2.25. The fourth-order valence-corrected chi connectivity index (χ4v) is 6.29. The molecule has 10 heteroatoms. The lowest BCUT2D eigenvalue weighted by molar-refractivity contribution is -0.137. The van der Waals surface area contributed by atoms with E-state index < -0.39 is 11.7 Å². The van der Waals surface area contributed by atoms with Crippen LogP contribution in [0.1, 0.15) is 36.0 Å². The minimum atomic E-state index is -4.35. The molecule has 0 unspecified atom stereocenters. The summed E-state index contributed by atoms with van der Waals surface area (Å²) in [5.74, 6) is 1.13. The summed E-state index contributed by atoms with van der Waals surface area (Å²) in [6.07, 6.45) is 1.50. The number of ether oxygens (including phenoxy) is 1. The lowest BCUT2D eigenvalue weighted by Crippen LogP contribution is -2.56.